The first-order chi connectivity index (χ1) is 11.1. The third-order valence-corrected chi connectivity index (χ3v) is 4.98. The molecule has 1 rings (SSSR count). The summed E-state index contributed by atoms with van der Waals surface area (Å²) >= 11 is 0. The van der Waals surface area contributed by atoms with Crippen molar-refractivity contribution >= 4 is 19.7 Å². The number of hydrogen-bond donors (Lipinski definition) is 2. The first kappa shape index (κ1) is 20.1. The van der Waals surface area contributed by atoms with E-state index in [1.807, 2.05) is 0 Å². The van der Waals surface area contributed by atoms with Crippen LogP contribution in [0, 0.1) is 10.1 Å². The van der Waals surface area contributed by atoms with E-state index in [-0.39, 0.29) is 24.7 Å². The van der Waals surface area contributed by atoms with Gasteiger partial charge < -0.3 is 20.3 Å². The van der Waals surface area contributed by atoms with Crippen molar-refractivity contribution in [3.63, 3.8) is 0 Å². The first-order valence-electron chi connectivity index (χ1n) is 7.55. The number of carbonyl (C=O) groups is 1. The summed E-state index contributed by atoms with van der Waals surface area (Å²) < 4.78 is 10.7. The van der Waals surface area contributed by atoms with Crippen LogP contribution < -0.4 is 10.5 Å². The van der Waals surface area contributed by atoms with Crippen LogP contribution in [0.5, 0.6) is 5.75 Å². The maximum atomic E-state index is 11.2. The molecule has 0 aliphatic rings. The van der Waals surface area contributed by atoms with Crippen LogP contribution in [0.25, 0.3) is 0 Å². The largest absolute Gasteiger partial charge is 0.460 e. The van der Waals surface area contributed by atoms with Crippen molar-refractivity contribution in [3.8, 4) is 5.75 Å². The van der Waals surface area contributed by atoms with Crippen LogP contribution in [0.2, 0.25) is 25.7 Å². The monoisotopic (exact) mass is 356 g/mol. The van der Waals surface area contributed by atoms with Crippen molar-refractivity contribution in [2.75, 3.05) is 13.4 Å². The van der Waals surface area contributed by atoms with Gasteiger partial charge >= 0.3 is 5.69 Å². The summed E-state index contributed by atoms with van der Waals surface area (Å²) in [6.07, 6.45) is -1.48. The van der Waals surface area contributed by atoms with E-state index in [1.165, 1.54) is 18.2 Å². The second-order valence-electron chi connectivity index (χ2n) is 6.66. The molecule has 0 fully saturated rings. The summed E-state index contributed by atoms with van der Waals surface area (Å²) in [4.78, 5) is 21.4. The molecule has 0 aliphatic heterocycles. The summed E-state index contributed by atoms with van der Waals surface area (Å²) in [6.45, 7) is 7.14. The van der Waals surface area contributed by atoms with Gasteiger partial charge in [0.25, 0.3) is 0 Å². The number of aliphatic hydroxyl groups excluding tert-OH is 1. The number of carbonyl (C=O) groups excluding carboxylic acids is 1. The SMILES string of the molecule is C[Si](C)(C)CCOCOc1ccc(C[C@H](O)C(N)=O)cc1[N+](=O)[O-]. The third-order valence-electron chi connectivity index (χ3n) is 3.27. The van der Waals surface area contributed by atoms with Crippen molar-refractivity contribution in [2.45, 2.75) is 38.2 Å². The van der Waals surface area contributed by atoms with Crippen molar-refractivity contribution in [1.82, 2.24) is 0 Å². The lowest BCUT2D eigenvalue weighted by Gasteiger charge is -2.15. The van der Waals surface area contributed by atoms with E-state index in [0.29, 0.717) is 12.2 Å². The number of nitro benzene ring substituents is 1. The highest BCUT2D eigenvalue weighted by Gasteiger charge is 2.19. The van der Waals surface area contributed by atoms with Gasteiger partial charge in [-0.15, -0.1) is 0 Å². The number of benzene rings is 1. The van der Waals surface area contributed by atoms with Gasteiger partial charge in [0.15, 0.2) is 12.5 Å². The van der Waals surface area contributed by atoms with Crippen molar-refractivity contribution in [1.29, 1.82) is 0 Å². The van der Waals surface area contributed by atoms with E-state index in [9.17, 15) is 20.0 Å². The molecule has 0 bridgehead atoms. The van der Waals surface area contributed by atoms with Gasteiger partial charge in [0.05, 0.1) is 4.92 Å². The number of nitrogens with zero attached hydrogens (tertiary/aromatic N) is 1. The lowest BCUT2D eigenvalue weighted by atomic mass is 10.1. The van der Waals surface area contributed by atoms with Gasteiger partial charge in [-0.1, -0.05) is 25.7 Å². The second-order valence-corrected chi connectivity index (χ2v) is 12.3. The fourth-order valence-electron chi connectivity index (χ4n) is 1.82. The molecule has 0 unspecified atom stereocenters. The van der Waals surface area contributed by atoms with E-state index < -0.39 is 25.0 Å². The number of rotatable bonds is 10. The van der Waals surface area contributed by atoms with E-state index in [2.05, 4.69) is 19.6 Å². The first-order valence-corrected chi connectivity index (χ1v) is 11.3. The minimum Gasteiger partial charge on any atom is -0.460 e. The molecule has 0 saturated heterocycles. The summed E-state index contributed by atoms with van der Waals surface area (Å²) in [5.74, 6) is -0.806. The molecule has 0 radical (unpaired) electrons. The number of hydrogen-bond acceptors (Lipinski definition) is 6. The van der Waals surface area contributed by atoms with Gasteiger partial charge in [0.2, 0.25) is 5.91 Å². The van der Waals surface area contributed by atoms with Gasteiger partial charge in [0, 0.05) is 27.2 Å². The highest BCUT2D eigenvalue weighted by Crippen LogP contribution is 2.28. The molecule has 1 aromatic carbocycles. The smallest absolute Gasteiger partial charge is 0.311 e. The molecule has 0 aliphatic carbocycles. The maximum Gasteiger partial charge on any atom is 0.311 e. The summed E-state index contributed by atoms with van der Waals surface area (Å²) in [5.41, 5.74) is 5.14. The van der Waals surface area contributed by atoms with Crippen molar-refractivity contribution < 1.29 is 24.3 Å². The quantitative estimate of drug-likeness (QED) is 0.216. The molecule has 0 spiro atoms. The predicted molar refractivity (Wildman–Crippen MR) is 91.6 cm³/mol. The number of aliphatic hydroxyl groups is 1. The zero-order valence-electron chi connectivity index (χ0n) is 14.2. The van der Waals surface area contributed by atoms with Crippen LogP contribution in [0.3, 0.4) is 0 Å². The highest BCUT2D eigenvalue weighted by molar-refractivity contribution is 6.76. The zero-order valence-corrected chi connectivity index (χ0v) is 15.2. The molecule has 9 heteroatoms. The van der Waals surface area contributed by atoms with Crippen molar-refractivity contribution in [2.24, 2.45) is 5.73 Å². The van der Waals surface area contributed by atoms with Crippen LogP contribution in [0.15, 0.2) is 18.2 Å². The van der Waals surface area contributed by atoms with Gasteiger partial charge in [-0.05, 0) is 17.7 Å². The topological polar surface area (TPSA) is 125 Å². The molecular formula is C15H24N2O6Si. The molecule has 0 aromatic heterocycles. The molecule has 8 nitrogen and oxygen atoms in total. The standard InChI is InChI=1S/C15H24N2O6Si/c1-24(2,3)7-6-22-10-23-14-5-4-11(8-12(14)17(20)21)9-13(18)15(16)19/h4-5,8,13,18H,6-7,9-10H2,1-3H3,(H2,16,19)/t13-/m0/s1. The number of amides is 1. The molecule has 134 valence electrons. The fraction of sp³-hybridized carbons (Fsp3) is 0.533. The number of primary amides is 1. The maximum absolute atomic E-state index is 11.2. The Morgan fingerprint density at radius 1 is 1.42 bits per heavy atom. The molecule has 1 aromatic rings. The van der Waals surface area contributed by atoms with Gasteiger partial charge in [-0.2, -0.15) is 0 Å². The van der Waals surface area contributed by atoms with E-state index in [1.54, 1.807) is 0 Å². The van der Waals surface area contributed by atoms with Crippen LogP contribution in [0.4, 0.5) is 5.69 Å². The Kier molecular flexibility index (Phi) is 7.33. The lowest BCUT2D eigenvalue weighted by molar-refractivity contribution is -0.386. The number of nitrogens with two attached hydrogens (primary N) is 1. The molecule has 0 heterocycles. The summed E-state index contributed by atoms with van der Waals surface area (Å²) in [6, 6.07) is 5.19. The average Bonchev–Trinajstić information content (AvgIpc) is 2.46. The van der Waals surface area contributed by atoms with Gasteiger partial charge in [-0.25, -0.2) is 0 Å². The third kappa shape index (κ3) is 7.07. The second kappa shape index (κ2) is 8.76. The Labute approximate surface area is 141 Å². The number of nitro groups is 1. The molecule has 1 amide bonds. The zero-order chi connectivity index (χ0) is 18.3. The lowest BCUT2D eigenvalue weighted by Crippen LogP contribution is -2.30. The molecule has 1 atom stereocenters. The van der Waals surface area contributed by atoms with Gasteiger partial charge in [-0.3, -0.25) is 14.9 Å². The minimum atomic E-state index is -1.39. The molecular weight excluding hydrogens is 332 g/mol. The van der Waals surface area contributed by atoms with Crippen LogP contribution in [-0.4, -0.2) is 43.5 Å². The Balaban J connectivity index is 2.67. The Hall–Kier alpha value is -1.97. The minimum absolute atomic E-state index is 0.0744. The van der Waals surface area contributed by atoms with Crippen molar-refractivity contribution in [3.05, 3.63) is 33.9 Å². The Morgan fingerprint density at radius 3 is 2.62 bits per heavy atom. The average molecular weight is 356 g/mol. The Morgan fingerprint density at radius 2 is 2.08 bits per heavy atom. The molecule has 3 N–H and O–H groups in total. The normalized spacial score (nSPS) is 12.7. The highest BCUT2D eigenvalue weighted by atomic mass is 28.3. The van der Waals surface area contributed by atoms with Crippen LogP contribution in [0.1, 0.15) is 5.56 Å². The number of ether oxygens (including phenoxy) is 2. The fourth-order valence-corrected chi connectivity index (χ4v) is 2.58. The van der Waals surface area contributed by atoms with E-state index >= 15 is 0 Å². The van der Waals surface area contributed by atoms with E-state index in [4.69, 9.17) is 15.2 Å². The van der Waals surface area contributed by atoms with Crippen LogP contribution in [-0.2, 0) is 16.0 Å². The molecule has 24 heavy (non-hydrogen) atoms. The predicted octanol–water partition coefficient (Wildman–Crippen LogP) is 1.67. The van der Waals surface area contributed by atoms with Gasteiger partial charge in [0.1, 0.15) is 6.10 Å². The van der Waals surface area contributed by atoms with E-state index in [0.717, 1.165) is 6.04 Å². The summed E-state index contributed by atoms with van der Waals surface area (Å²) in [5, 5.41) is 20.6. The van der Waals surface area contributed by atoms with Crippen LogP contribution >= 0.6 is 0 Å². The molecule has 0 saturated carbocycles. The Bertz CT molecular complexity index is 588. The summed E-state index contributed by atoms with van der Waals surface area (Å²) in [7, 11) is -1.20.